The van der Waals surface area contributed by atoms with E-state index in [2.05, 4.69) is 0 Å². The van der Waals surface area contributed by atoms with Crippen molar-refractivity contribution in [1.29, 1.82) is 0 Å². The topological polar surface area (TPSA) is 37.3 Å². The van der Waals surface area contributed by atoms with Crippen molar-refractivity contribution in [2.24, 2.45) is 11.8 Å². The van der Waals surface area contributed by atoms with Crippen molar-refractivity contribution in [1.82, 2.24) is 0 Å². The van der Waals surface area contributed by atoms with Crippen molar-refractivity contribution in [3.63, 3.8) is 0 Å². The van der Waals surface area contributed by atoms with Gasteiger partial charge >= 0.3 is 12.1 Å². The Morgan fingerprint density at radius 2 is 1.85 bits per heavy atom. The van der Waals surface area contributed by atoms with Crippen molar-refractivity contribution in [3.8, 4) is 0 Å². The van der Waals surface area contributed by atoms with E-state index in [1.165, 1.54) is 6.92 Å². The van der Waals surface area contributed by atoms with Crippen molar-refractivity contribution in [2.45, 2.75) is 32.9 Å². The van der Waals surface area contributed by atoms with Crippen LogP contribution < -0.4 is 0 Å². The molecule has 0 aromatic rings. The number of alkyl halides is 3. The van der Waals surface area contributed by atoms with Crippen molar-refractivity contribution >= 4 is 5.97 Å². The van der Waals surface area contributed by atoms with Crippen LogP contribution in [0, 0.1) is 11.8 Å². The third-order valence-corrected chi connectivity index (χ3v) is 2.18. The molecule has 0 heterocycles. The van der Waals surface area contributed by atoms with Gasteiger partial charge in [-0.15, -0.1) is 0 Å². The van der Waals surface area contributed by atoms with Crippen LogP contribution in [0.2, 0.25) is 0 Å². The minimum absolute atomic E-state index is 0.0655. The maximum atomic E-state index is 12.1. The number of carboxylic acid groups (broad SMARTS) is 1. The molecule has 2 unspecified atom stereocenters. The summed E-state index contributed by atoms with van der Waals surface area (Å²) in [7, 11) is 0. The molecule has 0 aromatic carbocycles. The first-order chi connectivity index (χ1) is 5.75. The molecule has 0 aromatic heterocycles. The van der Waals surface area contributed by atoms with E-state index in [1.807, 2.05) is 0 Å². The summed E-state index contributed by atoms with van der Waals surface area (Å²) < 4.78 is 36.2. The first-order valence-corrected chi connectivity index (χ1v) is 4.03. The number of rotatable bonds is 4. The lowest BCUT2D eigenvalue weighted by atomic mass is 9.91. The molecular weight excluding hydrogens is 185 g/mol. The van der Waals surface area contributed by atoms with Gasteiger partial charge in [0.1, 0.15) is 0 Å². The van der Waals surface area contributed by atoms with Crippen LogP contribution in [-0.2, 0) is 4.79 Å². The molecule has 0 rings (SSSR count). The third kappa shape index (κ3) is 4.75. The molecular formula is C8H13F3O2. The highest BCUT2D eigenvalue weighted by Crippen LogP contribution is 2.33. The Labute approximate surface area is 74.7 Å². The lowest BCUT2D eigenvalue weighted by molar-refractivity contribution is -0.183. The van der Waals surface area contributed by atoms with Gasteiger partial charge in [-0.05, 0) is 12.3 Å². The van der Waals surface area contributed by atoms with Crippen molar-refractivity contribution in [2.75, 3.05) is 0 Å². The SMILES string of the molecule is CC(CCC(=O)O)C(C)C(F)(F)F. The third-order valence-electron chi connectivity index (χ3n) is 2.18. The molecule has 0 saturated heterocycles. The number of halogens is 3. The summed E-state index contributed by atoms with van der Waals surface area (Å²) in [5, 5.41) is 8.27. The highest BCUT2D eigenvalue weighted by Gasteiger charge is 2.39. The first kappa shape index (κ1) is 12.3. The van der Waals surface area contributed by atoms with Gasteiger partial charge in [0.2, 0.25) is 0 Å². The fraction of sp³-hybridized carbons (Fsp3) is 0.875. The van der Waals surface area contributed by atoms with Crippen LogP contribution in [0.15, 0.2) is 0 Å². The van der Waals surface area contributed by atoms with E-state index in [0.29, 0.717) is 0 Å². The average Bonchev–Trinajstić information content (AvgIpc) is 1.96. The molecule has 0 radical (unpaired) electrons. The van der Waals surface area contributed by atoms with Gasteiger partial charge in [0, 0.05) is 6.42 Å². The number of hydrogen-bond acceptors (Lipinski definition) is 1. The van der Waals surface area contributed by atoms with E-state index >= 15 is 0 Å². The van der Waals surface area contributed by atoms with E-state index in [4.69, 9.17) is 5.11 Å². The van der Waals surface area contributed by atoms with Crippen molar-refractivity contribution in [3.05, 3.63) is 0 Å². The average molecular weight is 198 g/mol. The lowest BCUT2D eigenvalue weighted by Crippen LogP contribution is -2.26. The van der Waals surface area contributed by atoms with Crippen molar-refractivity contribution < 1.29 is 23.1 Å². The fourth-order valence-corrected chi connectivity index (χ4v) is 0.924. The van der Waals surface area contributed by atoms with E-state index in [9.17, 15) is 18.0 Å². The predicted octanol–water partition coefficient (Wildman–Crippen LogP) is 2.69. The van der Waals surface area contributed by atoms with Crippen LogP contribution in [0.25, 0.3) is 0 Å². The van der Waals surface area contributed by atoms with Gasteiger partial charge < -0.3 is 5.11 Å². The maximum Gasteiger partial charge on any atom is 0.391 e. The molecule has 2 nitrogen and oxygen atoms in total. The van der Waals surface area contributed by atoms with E-state index < -0.39 is 24.0 Å². The highest BCUT2D eigenvalue weighted by atomic mass is 19.4. The first-order valence-electron chi connectivity index (χ1n) is 4.03. The monoisotopic (exact) mass is 198 g/mol. The second-order valence-electron chi connectivity index (χ2n) is 3.24. The summed E-state index contributed by atoms with van der Waals surface area (Å²) in [6.07, 6.45) is -4.37. The van der Waals surface area contributed by atoms with E-state index in [1.54, 1.807) is 0 Å². The summed E-state index contributed by atoms with van der Waals surface area (Å²) in [5.41, 5.74) is 0. The van der Waals surface area contributed by atoms with Gasteiger partial charge in [-0.2, -0.15) is 13.2 Å². The van der Waals surface area contributed by atoms with Gasteiger partial charge in [0.05, 0.1) is 5.92 Å². The summed E-state index contributed by atoms with van der Waals surface area (Å²) >= 11 is 0. The van der Waals surface area contributed by atoms with Crippen LogP contribution in [-0.4, -0.2) is 17.3 Å². The minimum atomic E-state index is -4.22. The largest absolute Gasteiger partial charge is 0.481 e. The van der Waals surface area contributed by atoms with Gasteiger partial charge in [0.25, 0.3) is 0 Å². The normalized spacial score (nSPS) is 16.7. The Hall–Kier alpha value is -0.740. The maximum absolute atomic E-state index is 12.1. The number of hydrogen-bond donors (Lipinski definition) is 1. The summed E-state index contributed by atoms with van der Waals surface area (Å²) in [5.74, 6) is -3.14. The molecule has 0 bridgehead atoms. The Morgan fingerprint density at radius 3 is 2.15 bits per heavy atom. The molecule has 2 atom stereocenters. The molecule has 0 aliphatic heterocycles. The molecule has 0 aliphatic carbocycles. The van der Waals surface area contributed by atoms with E-state index in [-0.39, 0.29) is 12.8 Å². The zero-order valence-corrected chi connectivity index (χ0v) is 7.56. The molecule has 0 amide bonds. The number of carbonyl (C=O) groups is 1. The second kappa shape index (κ2) is 4.48. The van der Waals surface area contributed by atoms with Crippen LogP contribution in [0.1, 0.15) is 26.7 Å². The fourth-order valence-electron chi connectivity index (χ4n) is 0.924. The van der Waals surface area contributed by atoms with Crippen LogP contribution in [0.4, 0.5) is 13.2 Å². The summed E-state index contributed by atoms with van der Waals surface area (Å²) in [6.45, 7) is 2.49. The summed E-state index contributed by atoms with van der Waals surface area (Å²) in [6, 6.07) is 0. The van der Waals surface area contributed by atoms with E-state index in [0.717, 1.165) is 6.92 Å². The summed E-state index contributed by atoms with van der Waals surface area (Å²) in [4.78, 5) is 10.1. The van der Waals surface area contributed by atoms with Gasteiger partial charge in [0.15, 0.2) is 0 Å². The second-order valence-corrected chi connectivity index (χ2v) is 3.24. The Morgan fingerprint density at radius 1 is 1.38 bits per heavy atom. The molecule has 0 saturated carbocycles. The van der Waals surface area contributed by atoms with Gasteiger partial charge in [-0.3, -0.25) is 4.79 Å². The zero-order chi connectivity index (χ0) is 10.6. The van der Waals surface area contributed by atoms with Gasteiger partial charge in [-0.25, -0.2) is 0 Å². The lowest BCUT2D eigenvalue weighted by Gasteiger charge is -2.21. The van der Waals surface area contributed by atoms with Gasteiger partial charge in [-0.1, -0.05) is 13.8 Å². The Balaban J connectivity index is 3.97. The predicted molar refractivity (Wildman–Crippen MR) is 41.3 cm³/mol. The quantitative estimate of drug-likeness (QED) is 0.754. The molecule has 0 fully saturated rings. The molecule has 78 valence electrons. The minimum Gasteiger partial charge on any atom is -0.481 e. The standard InChI is InChI=1S/C8H13F3O2/c1-5(3-4-7(12)13)6(2)8(9,10)11/h5-6H,3-4H2,1-2H3,(H,12,13). The zero-order valence-electron chi connectivity index (χ0n) is 7.56. The number of carboxylic acids is 1. The Kier molecular flexibility index (Phi) is 4.23. The molecule has 0 spiro atoms. The smallest absolute Gasteiger partial charge is 0.391 e. The molecule has 13 heavy (non-hydrogen) atoms. The molecule has 1 N–H and O–H groups in total. The highest BCUT2D eigenvalue weighted by molar-refractivity contribution is 5.66. The number of aliphatic carboxylic acids is 1. The van der Waals surface area contributed by atoms with Crippen LogP contribution >= 0.6 is 0 Å². The Bertz CT molecular complexity index is 177. The van der Waals surface area contributed by atoms with Crippen LogP contribution in [0.5, 0.6) is 0 Å². The molecule has 5 heteroatoms. The molecule has 0 aliphatic rings. The van der Waals surface area contributed by atoms with Crippen LogP contribution in [0.3, 0.4) is 0 Å².